The first-order valence-corrected chi connectivity index (χ1v) is 48.6. The van der Waals surface area contributed by atoms with Gasteiger partial charge in [0, 0.05) is 45.4 Å². The number of phenols is 1. The second kappa shape index (κ2) is 66.3. The fourth-order valence-electron chi connectivity index (χ4n) is 13.9. The number of carboxylic acids is 1. The van der Waals surface area contributed by atoms with Crippen LogP contribution >= 0.6 is 0 Å². The number of carboxylic acid groups (broad SMARTS) is 1. The van der Waals surface area contributed by atoms with Crippen LogP contribution in [0.15, 0.2) is 24.3 Å². The number of nitrogens with zero attached hydrogens (tertiary/aromatic N) is 1. The van der Waals surface area contributed by atoms with E-state index in [0.717, 1.165) is 25.7 Å². The summed E-state index contributed by atoms with van der Waals surface area (Å²) in [7, 11) is 0. The van der Waals surface area contributed by atoms with Crippen LogP contribution in [0, 0.1) is 22.1 Å². The fraction of sp³-hybridized carbons (Fsp3) is 0.624. The van der Waals surface area contributed by atoms with Crippen LogP contribution in [0.4, 0.5) is 0 Å². The van der Waals surface area contributed by atoms with E-state index in [1.54, 1.807) is 0 Å². The third-order valence-electron chi connectivity index (χ3n) is 22.1. The zero-order valence-corrected chi connectivity index (χ0v) is 84.6. The van der Waals surface area contributed by atoms with Gasteiger partial charge < -0.3 is 145 Å². The van der Waals surface area contributed by atoms with Gasteiger partial charge in [0.05, 0.1) is 37.9 Å². The van der Waals surface area contributed by atoms with Gasteiger partial charge in [-0.1, -0.05) is 12.1 Å². The van der Waals surface area contributed by atoms with Crippen LogP contribution in [-0.4, -0.2) is 393 Å². The van der Waals surface area contributed by atoms with Gasteiger partial charge in [-0.25, -0.2) is 0 Å². The summed E-state index contributed by atoms with van der Waals surface area (Å²) in [4.78, 5) is 313. The predicted molar refractivity (Wildman–Crippen MR) is 521 cm³/mol. The Bertz CT molecular complexity index is 4850. The van der Waals surface area contributed by atoms with Gasteiger partial charge in [0.15, 0.2) is 17.9 Å². The van der Waals surface area contributed by atoms with E-state index in [-0.39, 0.29) is 95.3 Å². The molecule has 1 aliphatic rings. The number of likely N-dealkylation sites (tertiary alicyclic amines) is 1. The van der Waals surface area contributed by atoms with E-state index >= 15 is 0 Å². The summed E-state index contributed by atoms with van der Waals surface area (Å²) < 4.78 is 1.90. The average Bonchev–Trinajstić information content (AvgIpc) is 1.72. The number of guanidine groups is 3. The molecule has 0 unspecified atom stereocenters. The number of amides is 21. The number of aliphatic hydroxyl groups is 6. The van der Waals surface area contributed by atoms with E-state index in [1.807, 2.05) is 0 Å². The maximum absolute atomic E-state index is 14.7. The third kappa shape index (κ3) is 48.1. The molecule has 21 atom stereocenters. The number of phenolic OH excluding ortho intramolecular Hbond substituents is 1. The van der Waals surface area contributed by atoms with Crippen molar-refractivity contribution in [2.24, 2.45) is 51.8 Å². The molecule has 63 nitrogen and oxygen atoms in total. The van der Waals surface area contributed by atoms with Gasteiger partial charge in [-0.3, -0.25) is 92.9 Å². The number of hydrogen-bond donors (Lipinski definition) is 39. The number of primary amides is 4. The summed E-state index contributed by atoms with van der Waals surface area (Å²) in [5.41, 5.74) is 43.9. The molecule has 64 heteroatoms. The molecule has 0 aliphatic carbocycles. The minimum atomic E-state index is -2.22. The Morgan fingerprint density at radius 3 is 1.12 bits per heavy atom. The number of nitrogens with two attached hydrogens (primary N) is 8. The van der Waals surface area contributed by atoms with E-state index in [9.17, 15) is 151 Å². The molecule has 1 fully saturated rings. The summed E-state index contributed by atoms with van der Waals surface area (Å²) in [5, 5.41) is 149. The molecule has 149 heavy (non-hydrogen) atoms. The molecule has 0 saturated carbocycles. The van der Waals surface area contributed by atoms with Crippen molar-refractivity contribution >= 4 is 168 Å². The topological polar surface area (TPSA) is 1080 Å². The van der Waals surface area contributed by atoms with Gasteiger partial charge in [0.25, 0.3) is 0 Å². The number of aromatic hydroxyl groups is 1. The Hall–Kier alpha value is -15.0. The molecule has 0 radical (unpaired) electrons. The molecule has 1 heterocycles. The first-order valence-electron chi connectivity index (χ1n) is 46.9. The molecule has 1 aromatic rings. The van der Waals surface area contributed by atoms with Crippen molar-refractivity contribution in [1.82, 2.24) is 110 Å². The van der Waals surface area contributed by atoms with Crippen LogP contribution in [0.5, 0.6) is 5.75 Å². The number of hydrogen-bond acceptors (Lipinski definition) is 35. The van der Waals surface area contributed by atoms with Crippen LogP contribution in [-0.2, 0) is 117 Å². The Labute approximate surface area is 859 Å². The number of benzene rings is 1. The Kier molecular flexibility index (Phi) is 57.9. The molecule has 1 saturated heterocycles. The van der Waals surface area contributed by atoms with Gasteiger partial charge in [-0.05, 0) is 103 Å². The standard InChI is InChI=1S/C85H142N32O31Se/c1-36(2)61(77(142)101-39(5)82(148)149-116-49(22-25-59(89)127)71(136)112-55(35-121)81(146)147)113-75(140)53(33-119)110-68(133)45(13-9-27-98-84(93)94)102-65(130)38(4)100-66(131)44(12-8-26-97-83(91)92)103-67(132)46(14-10-28-99-85(95)96)105-76(141)56-15-11-29-117(56)80(145)54(34-120)111-73(138)51(31-60(90)128)108-79(144)63(41(7)123)115-70(135)48(21-24-58(88)126)106-78(143)62(40(6)122)114-69(134)47(20-23-57(87)125)104-72(137)50(30-42-16-18-43(124)19-17-42)107-74(139)52(32-118)109-64(129)37(3)86/h16-19,36-41,44-56,61-63,116,118-124H,8-15,20-35,86H2,1-7H3,(H2,87,125)(H2,88,126)(H2,89,127)(H2,90,128)(H,100,131)(H,101,142)(H,102,130)(H,103,132)(H,104,137)(H,105,141)(H,106,143)(H,107,139)(H,108,144)(H,109,129)(H,110,133)(H,111,138)(H,112,136)(H,113,140)(H,114,134)(H,115,135)(H,146,147)(H4,91,92,97)(H4,93,94,98)(H4,95,96,99)/t37-,38-,39-,40+,41+,44-,45-,46-,47-,48-,49-,50-,51-,52-,53-,54-,55-,56-,61-,62-,63-/m0/s1. The maximum atomic E-state index is 14.7. The minimum absolute atomic E-state index is 0.0366. The third-order valence-corrected chi connectivity index (χ3v) is 24.1. The molecule has 0 spiro atoms. The summed E-state index contributed by atoms with van der Waals surface area (Å²) in [6, 6.07) is -27.9. The van der Waals surface area contributed by atoms with Crippen molar-refractivity contribution in [3.05, 3.63) is 29.8 Å². The van der Waals surface area contributed by atoms with Crippen molar-refractivity contribution in [3.63, 3.8) is 0 Å². The van der Waals surface area contributed by atoms with Crippen LogP contribution < -0.4 is 151 Å². The monoisotopic (exact) mass is 2190 g/mol. The van der Waals surface area contributed by atoms with Crippen LogP contribution in [0.3, 0.4) is 0 Å². The zero-order chi connectivity index (χ0) is 113. The van der Waals surface area contributed by atoms with E-state index in [1.165, 1.54) is 52.0 Å². The fourth-order valence-corrected chi connectivity index (χ4v) is 15.4. The number of rotatable bonds is 70. The van der Waals surface area contributed by atoms with Crippen LogP contribution in [0.25, 0.3) is 0 Å². The molecule has 2 rings (SSSR count). The SMILES string of the molecule is CC(C)[C@H](NC(=O)[C@H](CO)NC(=O)[C@H](CCCNC(=N)N)NC(=O)[C@H](C)NC(=O)[C@H](CCCNC(=N)N)NC(=O)[C@H](CCCNC(=N)N)NC(=O)[C@@H]1CCCN1C(=O)[C@H](CO)NC(=O)[C@H](CC(N)=O)NC(=O)[C@@H](NC(=O)[C@H](CCC(N)=O)NC(=O)[C@@H](NC(=O)[C@H](CCC(N)=O)NC(=O)[C@H](Cc1ccc(O)cc1)NC(=O)[C@H](CO)NC(=O)[C@H](C)N)[C@@H](C)O)[C@@H](C)O)C(=O)N[C@@H](C)C(=O)[Se]N[C@@H](CCC(N)=O)C(=O)N[C@@H](CO)C(=O)O. The number of aliphatic carboxylic acids is 1. The molecular formula is C85H142N32O31Se. The Morgan fingerprint density at radius 2 is 0.705 bits per heavy atom. The van der Waals surface area contributed by atoms with E-state index < -0.39 is 372 Å². The number of carbonyl (C=O) groups is 23. The van der Waals surface area contributed by atoms with Gasteiger partial charge in [0.2, 0.25) is 94.5 Å². The summed E-state index contributed by atoms with van der Waals surface area (Å²) in [6.07, 6.45) is -10.2. The van der Waals surface area contributed by atoms with E-state index in [2.05, 4.69) is 105 Å². The second-order valence-corrected chi connectivity index (χ2v) is 36.7. The summed E-state index contributed by atoms with van der Waals surface area (Å²) >= 11 is -1.37. The molecule has 0 bridgehead atoms. The molecule has 47 N–H and O–H groups in total. The summed E-state index contributed by atoms with van der Waals surface area (Å²) in [6.45, 7) is 3.49. The van der Waals surface area contributed by atoms with E-state index in [4.69, 9.17) is 62.1 Å². The quantitative estimate of drug-likeness (QED) is 0.0125. The van der Waals surface area contributed by atoms with Crippen molar-refractivity contribution in [1.29, 1.82) is 16.2 Å². The number of nitrogens with one attached hydrogen (secondary N) is 23. The van der Waals surface area contributed by atoms with Gasteiger partial charge in [-0.2, -0.15) is 0 Å². The number of carbonyl (C=O) groups excluding carboxylic acids is 22. The van der Waals surface area contributed by atoms with Gasteiger partial charge >= 0.3 is 236 Å². The first-order chi connectivity index (χ1) is 69.8. The van der Waals surface area contributed by atoms with Crippen molar-refractivity contribution in [2.75, 3.05) is 52.6 Å². The van der Waals surface area contributed by atoms with Gasteiger partial charge in [-0.15, -0.1) is 0 Å². The normalized spacial score (nSPS) is 16.1. The molecule has 0 aromatic heterocycles. The number of aliphatic hydroxyl groups excluding tert-OH is 6. The van der Waals surface area contributed by atoms with Crippen LogP contribution in [0.1, 0.15) is 150 Å². The molecule has 1 aliphatic heterocycles. The zero-order valence-electron chi connectivity index (χ0n) is 82.9. The molecular weight excluding hydrogens is 2040 g/mol. The Morgan fingerprint density at radius 1 is 0.376 bits per heavy atom. The van der Waals surface area contributed by atoms with Crippen molar-refractivity contribution in [3.8, 4) is 5.75 Å². The van der Waals surface area contributed by atoms with Crippen molar-refractivity contribution in [2.45, 2.75) is 278 Å². The Balaban J connectivity index is 2.50. The van der Waals surface area contributed by atoms with Crippen LogP contribution in [0.2, 0.25) is 0 Å². The van der Waals surface area contributed by atoms with Gasteiger partial charge in [0.1, 0.15) is 78.3 Å². The average molecular weight is 2190 g/mol. The molecule has 21 amide bonds. The molecule has 1 aromatic carbocycles. The second-order valence-electron chi connectivity index (χ2n) is 35.0. The predicted octanol–water partition coefficient (Wildman–Crippen LogP) is -18.9. The van der Waals surface area contributed by atoms with Crippen molar-refractivity contribution < 1.29 is 151 Å². The summed E-state index contributed by atoms with van der Waals surface area (Å²) in [5.74, 6) is -28.6. The van der Waals surface area contributed by atoms with E-state index in [0.29, 0.717) is 0 Å². The first kappa shape index (κ1) is 130. The molecule has 834 valence electrons.